The van der Waals surface area contributed by atoms with E-state index in [9.17, 15) is 14.7 Å². The van der Waals surface area contributed by atoms with Crippen molar-refractivity contribution in [3.63, 3.8) is 0 Å². The molecule has 0 saturated carbocycles. The fourth-order valence-electron chi connectivity index (χ4n) is 4.76. The summed E-state index contributed by atoms with van der Waals surface area (Å²) in [5.41, 5.74) is 4.15. The molecule has 3 N–H and O–H groups in total. The van der Waals surface area contributed by atoms with Gasteiger partial charge in [0.25, 0.3) is 11.8 Å². The highest BCUT2D eigenvalue weighted by Crippen LogP contribution is 2.41. The topological polar surface area (TPSA) is 91.6 Å². The van der Waals surface area contributed by atoms with Gasteiger partial charge in [0.05, 0.1) is 16.6 Å². The van der Waals surface area contributed by atoms with Crippen LogP contribution in [0.1, 0.15) is 46.4 Å². The predicted molar refractivity (Wildman–Crippen MR) is 124 cm³/mol. The highest BCUT2D eigenvalue weighted by atomic mass is 16.3. The first-order valence-corrected chi connectivity index (χ1v) is 10.9. The Morgan fingerprint density at radius 3 is 2.34 bits per heavy atom. The number of phenolic OH excluding ortho intramolecular Hbond substituents is 1. The average Bonchev–Trinajstić information content (AvgIpc) is 3.27. The summed E-state index contributed by atoms with van der Waals surface area (Å²) in [7, 11) is 0. The number of aliphatic hydroxyl groups excluding tert-OH is 1. The van der Waals surface area contributed by atoms with Crippen molar-refractivity contribution in [3.05, 3.63) is 65.7 Å². The summed E-state index contributed by atoms with van der Waals surface area (Å²) in [5.74, 6) is -0.681. The second kappa shape index (κ2) is 8.13. The normalized spacial score (nSPS) is 13.2. The van der Waals surface area contributed by atoms with E-state index in [1.165, 1.54) is 0 Å². The van der Waals surface area contributed by atoms with Crippen molar-refractivity contribution in [1.82, 2.24) is 9.88 Å². The van der Waals surface area contributed by atoms with Gasteiger partial charge in [-0.1, -0.05) is 43.2 Å². The SMILES string of the molecule is O=C1NC(=O)c2c1c(-c1ccccc1)cc1c2c2cc(O)ccc2n1CCCCCCO. The Morgan fingerprint density at radius 1 is 0.812 bits per heavy atom. The molecule has 1 aliphatic rings. The van der Waals surface area contributed by atoms with Gasteiger partial charge in [-0.05, 0) is 48.2 Å². The van der Waals surface area contributed by atoms with Crippen molar-refractivity contribution in [2.75, 3.05) is 6.61 Å². The van der Waals surface area contributed by atoms with Crippen LogP contribution >= 0.6 is 0 Å². The Hall–Kier alpha value is -3.64. The van der Waals surface area contributed by atoms with E-state index in [-0.39, 0.29) is 12.4 Å². The van der Waals surface area contributed by atoms with Crippen LogP contribution in [0.5, 0.6) is 5.75 Å². The molecule has 0 bridgehead atoms. The van der Waals surface area contributed by atoms with Crippen LogP contribution in [0.25, 0.3) is 32.9 Å². The molecule has 0 unspecified atom stereocenters. The average molecular weight is 428 g/mol. The lowest BCUT2D eigenvalue weighted by molar-refractivity contribution is 0.0880. The number of carbonyl (C=O) groups excluding carboxylic acids is 2. The van der Waals surface area contributed by atoms with Crippen molar-refractivity contribution in [2.45, 2.75) is 32.2 Å². The zero-order valence-electron chi connectivity index (χ0n) is 17.6. The lowest BCUT2D eigenvalue weighted by Gasteiger charge is -2.11. The number of rotatable bonds is 7. The largest absolute Gasteiger partial charge is 0.508 e. The second-order valence-corrected chi connectivity index (χ2v) is 8.21. The maximum Gasteiger partial charge on any atom is 0.259 e. The van der Waals surface area contributed by atoms with Crippen LogP contribution in [0.15, 0.2) is 54.6 Å². The van der Waals surface area contributed by atoms with Crippen LogP contribution in [0.2, 0.25) is 0 Å². The summed E-state index contributed by atoms with van der Waals surface area (Å²) in [5, 5.41) is 23.1. The quantitative estimate of drug-likeness (QED) is 0.296. The van der Waals surface area contributed by atoms with Gasteiger partial charge in [0, 0.05) is 29.4 Å². The first kappa shape index (κ1) is 20.3. The number of amides is 2. The molecule has 4 aromatic rings. The number of aromatic nitrogens is 1. The number of hydrogen-bond donors (Lipinski definition) is 3. The number of benzene rings is 3. The first-order valence-electron chi connectivity index (χ1n) is 10.9. The molecule has 1 aromatic heterocycles. The number of aliphatic hydroxyl groups is 1. The minimum Gasteiger partial charge on any atom is -0.508 e. The van der Waals surface area contributed by atoms with Crippen molar-refractivity contribution in [1.29, 1.82) is 0 Å². The lowest BCUT2D eigenvalue weighted by atomic mass is 9.93. The van der Waals surface area contributed by atoms with Gasteiger partial charge in [0.15, 0.2) is 0 Å². The highest BCUT2D eigenvalue weighted by Gasteiger charge is 2.34. The highest BCUT2D eigenvalue weighted by molar-refractivity contribution is 6.32. The van der Waals surface area contributed by atoms with Crippen LogP contribution in [-0.4, -0.2) is 33.2 Å². The molecule has 2 heterocycles. The van der Waals surface area contributed by atoms with Gasteiger partial charge in [-0.2, -0.15) is 0 Å². The Balaban J connectivity index is 1.79. The molecule has 0 aliphatic carbocycles. The fourth-order valence-corrected chi connectivity index (χ4v) is 4.76. The summed E-state index contributed by atoms with van der Waals surface area (Å²) < 4.78 is 2.17. The molecule has 5 rings (SSSR count). The second-order valence-electron chi connectivity index (χ2n) is 8.21. The van der Waals surface area contributed by atoms with Gasteiger partial charge in [-0.15, -0.1) is 0 Å². The fraction of sp³-hybridized carbons (Fsp3) is 0.231. The third kappa shape index (κ3) is 3.24. The molecule has 0 radical (unpaired) electrons. The molecule has 6 heteroatoms. The number of hydrogen-bond acceptors (Lipinski definition) is 4. The molecule has 6 nitrogen and oxygen atoms in total. The molecule has 3 aromatic carbocycles. The molecule has 1 aliphatic heterocycles. The zero-order valence-corrected chi connectivity index (χ0v) is 17.6. The molecule has 0 atom stereocenters. The smallest absolute Gasteiger partial charge is 0.259 e. The number of imide groups is 1. The molecule has 162 valence electrons. The number of phenols is 1. The third-order valence-corrected chi connectivity index (χ3v) is 6.19. The summed E-state index contributed by atoms with van der Waals surface area (Å²) >= 11 is 0. The Morgan fingerprint density at radius 2 is 1.56 bits per heavy atom. The van der Waals surface area contributed by atoms with E-state index in [0.29, 0.717) is 16.5 Å². The summed E-state index contributed by atoms with van der Waals surface area (Å²) in [6, 6.07) is 16.8. The minimum absolute atomic E-state index is 0.116. The first-order chi connectivity index (χ1) is 15.6. The van der Waals surface area contributed by atoms with Crippen LogP contribution in [0.4, 0.5) is 0 Å². The number of aromatic hydroxyl groups is 1. The number of aryl methyl sites for hydroxylation is 1. The van der Waals surface area contributed by atoms with Gasteiger partial charge in [-0.25, -0.2) is 0 Å². The van der Waals surface area contributed by atoms with Crippen molar-refractivity contribution < 1.29 is 19.8 Å². The molecule has 32 heavy (non-hydrogen) atoms. The lowest BCUT2D eigenvalue weighted by Crippen LogP contribution is -2.20. The monoisotopic (exact) mass is 428 g/mol. The van der Waals surface area contributed by atoms with E-state index in [4.69, 9.17) is 5.11 Å². The van der Waals surface area contributed by atoms with E-state index in [0.717, 1.165) is 59.8 Å². The van der Waals surface area contributed by atoms with E-state index in [2.05, 4.69) is 9.88 Å². The maximum atomic E-state index is 12.9. The standard InChI is InChI=1S/C26H24N2O4/c29-13-7-2-1-6-12-28-20-11-10-17(30)14-19(20)22-21(28)15-18(16-8-4-3-5-9-16)23-24(22)26(32)27-25(23)31/h3-5,8-11,14-15,29-30H,1-2,6-7,12-13H2,(H,27,31,32). The van der Waals surface area contributed by atoms with Crippen LogP contribution in [0.3, 0.4) is 0 Å². The molecular weight excluding hydrogens is 404 g/mol. The molecule has 0 spiro atoms. The van der Waals surface area contributed by atoms with Gasteiger partial charge >= 0.3 is 0 Å². The molecule has 2 amide bonds. The number of carbonyl (C=O) groups is 2. The van der Waals surface area contributed by atoms with Gasteiger partial charge < -0.3 is 14.8 Å². The zero-order chi connectivity index (χ0) is 22.2. The summed E-state index contributed by atoms with van der Waals surface area (Å²) in [4.78, 5) is 25.7. The predicted octanol–water partition coefficient (Wildman–Crippen LogP) is 4.60. The summed E-state index contributed by atoms with van der Waals surface area (Å²) in [6.45, 7) is 0.934. The molecule has 0 saturated heterocycles. The number of unbranched alkanes of at least 4 members (excludes halogenated alkanes) is 3. The van der Waals surface area contributed by atoms with Crippen LogP contribution in [0, 0.1) is 0 Å². The Kier molecular flexibility index (Phi) is 5.15. The van der Waals surface area contributed by atoms with Crippen LogP contribution < -0.4 is 5.32 Å². The van der Waals surface area contributed by atoms with Crippen molar-refractivity contribution in [2.24, 2.45) is 0 Å². The number of nitrogens with one attached hydrogen (secondary N) is 1. The van der Waals surface area contributed by atoms with E-state index in [1.54, 1.807) is 12.1 Å². The molecule has 0 fully saturated rings. The Bertz CT molecular complexity index is 1360. The van der Waals surface area contributed by atoms with Gasteiger partial charge in [0.2, 0.25) is 0 Å². The van der Waals surface area contributed by atoms with E-state index in [1.807, 2.05) is 42.5 Å². The van der Waals surface area contributed by atoms with E-state index < -0.39 is 11.8 Å². The molecular formula is C26H24N2O4. The van der Waals surface area contributed by atoms with E-state index >= 15 is 0 Å². The maximum absolute atomic E-state index is 12.9. The van der Waals surface area contributed by atoms with Crippen molar-refractivity contribution >= 4 is 33.6 Å². The van der Waals surface area contributed by atoms with Gasteiger partial charge in [0.1, 0.15) is 5.75 Å². The summed E-state index contributed by atoms with van der Waals surface area (Å²) in [6.07, 6.45) is 3.64. The minimum atomic E-state index is -0.405. The number of fused-ring (bicyclic) bond motifs is 5. The number of nitrogens with zero attached hydrogens (tertiary/aromatic N) is 1. The van der Waals surface area contributed by atoms with Crippen LogP contribution in [-0.2, 0) is 6.54 Å². The Labute approximate surface area is 185 Å². The van der Waals surface area contributed by atoms with Gasteiger partial charge in [-0.3, -0.25) is 14.9 Å². The third-order valence-electron chi connectivity index (χ3n) is 6.19. The van der Waals surface area contributed by atoms with Crippen molar-refractivity contribution in [3.8, 4) is 16.9 Å².